The lowest BCUT2D eigenvalue weighted by atomic mass is 10.0. The molecule has 1 amide bonds. The minimum absolute atomic E-state index is 0.347. The number of hydrogen-bond donors (Lipinski definition) is 1. The first kappa shape index (κ1) is 18.3. The number of ether oxygens (including phenoxy) is 2. The third kappa shape index (κ3) is 4.98. The van der Waals surface area contributed by atoms with Crippen molar-refractivity contribution in [3.8, 4) is 0 Å². The molecular weight excluding hydrogens is 339 g/mol. The molecule has 0 radical (unpaired) electrons. The normalized spacial score (nSPS) is 22.6. The molecule has 2 unspecified atom stereocenters. The first-order valence-corrected chi connectivity index (χ1v) is 8.23. The Balaban J connectivity index is 2.10. The fourth-order valence-corrected chi connectivity index (χ4v) is 2.69. The Bertz CT molecular complexity index is 575. The van der Waals surface area contributed by atoms with Crippen molar-refractivity contribution in [1.82, 2.24) is 4.90 Å². The number of halogens is 2. The molecule has 2 atom stereocenters. The zero-order chi connectivity index (χ0) is 17.2. The number of hydrogen-bond acceptors (Lipinski definition) is 4. The van der Waals surface area contributed by atoms with Crippen LogP contribution in [0, 0.1) is 0 Å². The zero-order valence-electron chi connectivity index (χ0n) is 13.5. The fourth-order valence-electron chi connectivity index (χ4n) is 2.38. The van der Waals surface area contributed by atoms with Gasteiger partial charge in [0.2, 0.25) is 0 Å². The molecule has 1 aliphatic rings. The molecule has 1 saturated heterocycles. The minimum atomic E-state index is -0.544. The Labute approximate surface area is 146 Å². The van der Waals surface area contributed by atoms with Gasteiger partial charge in [0, 0.05) is 13.1 Å². The molecule has 1 fully saturated rings. The summed E-state index contributed by atoms with van der Waals surface area (Å²) in [6.45, 7) is 6.64. The average Bonchev–Trinajstić information content (AvgIpc) is 2.62. The molecule has 7 heteroatoms. The molecular formula is C16H22Cl2N2O3. The molecule has 1 aromatic carbocycles. The van der Waals surface area contributed by atoms with Crippen molar-refractivity contribution in [3.63, 3.8) is 0 Å². The minimum Gasteiger partial charge on any atom is -0.444 e. The van der Waals surface area contributed by atoms with E-state index in [0.717, 1.165) is 5.56 Å². The molecule has 128 valence electrons. The summed E-state index contributed by atoms with van der Waals surface area (Å²) in [6, 6.07) is 4.91. The summed E-state index contributed by atoms with van der Waals surface area (Å²) in [4.78, 5) is 13.8. The first-order chi connectivity index (χ1) is 10.7. The Morgan fingerprint density at radius 1 is 1.35 bits per heavy atom. The molecule has 0 spiro atoms. The largest absolute Gasteiger partial charge is 0.444 e. The molecule has 1 heterocycles. The summed E-state index contributed by atoms with van der Waals surface area (Å²) in [6.07, 6.45) is -0.733. The van der Waals surface area contributed by atoms with Gasteiger partial charge in [-0.2, -0.15) is 0 Å². The van der Waals surface area contributed by atoms with Gasteiger partial charge in [-0.05, 0) is 38.5 Å². The van der Waals surface area contributed by atoms with Gasteiger partial charge in [-0.1, -0.05) is 29.3 Å². The van der Waals surface area contributed by atoms with Gasteiger partial charge in [-0.15, -0.1) is 0 Å². The van der Waals surface area contributed by atoms with E-state index in [1.165, 1.54) is 0 Å². The molecule has 1 aliphatic heterocycles. The lowest BCUT2D eigenvalue weighted by Gasteiger charge is -2.28. The molecule has 1 aromatic rings. The molecule has 0 aromatic heterocycles. The third-order valence-corrected chi connectivity index (χ3v) is 4.14. The van der Waals surface area contributed by atoms with E-state index in [2.05, 4.69) is 0 Å². The van der Waals surface area contributed by atoms with E-state index in [-0.39, 0.29) is 18.2 Å². The van der Waals surface area contributed by atoms with E-state index in [1.807, 2.05) is 26.8 Å². The molecule has 0 aliphatic carbocycles. The second-order valence-corrected chi connectivity index (χ2v) is 7.37. The van der Waals surface area contributed by atoms with Crippen molar-refractivity contribution < 1.29 is 14.3 Å². The van der Waals surface area contributed by atoms with E-state index in [4.69, 9.17) is 38.4 Å². The summed E-state index contributed by atoms with van der Waals surface area (Å²) in [5, 5.41) is 0.932. The summed E-state index contributed by atoms with van der Waals surface area (Å²) in [7, 11) is 0. The number of benzene rings is 1. The fraction of sp³-hybridized carbons (Fsp3) is 0.562. The lowest BCUT2D eigenvalue weighted by molar-refractivity contribution is 0.0231. The quantitative estimate of drug-likeness (QED) is 0.830. The topological polar surface area (TPSA) is 64.8 Å². The molecule has 5 nitrogen and oxygen atoms in total. The van der Waals surface area contributed by atoms with Crippen molar-refractivity contribution in [2.24, 2.45) is 5.73 Å². The van der Waals surface area contributed by atoms with Crippen LogP contribution in [-0.2, 0) is 9.47 Å². The van der Waals surface area contributed by atoms with Crippen LogP contribution in [0.1, 0.15) is 32.4 Å². The molecule has 23 heavy (non-hydrogen) atoms. The highest BCUT2D eigenvalue weighted by atomic mass is 35.5. The number of nitrogens with zero attached hydrogens (tertiary/aromatic N) is 1. The highest BCUT2D eigenvalue weighted by molar-refractivity contribution is 6.42. The Morgan fingerprint density at radius 2 is 2.04 bits per heavy atom. The molecule has 0 bridgehead atoms. The summed E-state index contributed by atoms with van der Waals surface area (Å²) < 4.78 is 11.2. The van der Waals surface area contributed by atoms with Crippen molar-refractivity contribution >= 4 is 29.3 Å². The Kier molecular flexibility index (Phi) is 5.79. The summed E-state index contributed by atoms with van der Waals surface area (Å²) in [5.74, 6) is 0. The maximum atomic E-state index is 12.2. The van der Waals surface area contributed by atoms with Gasteiger partial charge in [0.05, 0.1) is 28.8 Å². The average molecular weight is 361 g/mol. The van der Waals surface area contributed by atoms with Crippen LogP contribution in [-0.4, -0.2) is 42.3 Å². The van der Waals surface area contributed by atoms with Crippen molar-refractivity contribution in [3.05, 3.63) is 33.8 Å². The van der Waals surface area contributed by atoms with Crippen molar-refractivity contribution in [1.29, 1.82) is 0 Å². The second kappa shape index (κ2) is 7.26. The molecule has 2 N–H and O–H groups in total. The number of carbonyl (C=O) groups is 1. The second-order valence-electron chi connectivity index (χ2n) is 6.56. The van der Waals surface area contributed by atoms with Crippen LogP contribution >= 0.6 is 23.2 Å². The number of rotatable bonds is 1. The van der Waals surface area contributed by atoms with Crippen LogP contribution in [0.4, 0.5) is 4.79 Å². The van der Waals surface area contributed by atoms with Crippen LogP contribution in [0.25, 0.3) is 0 Å². The van der Waals surface area contributed by atoms with Gasteiger partial charge in [-0.3, -0.25) is 0 Å². The molecule has 0 saturated carbocycles. The van der Waals surface area contributed by atoms with Gasteiger partial charge >= 0.3 is 6.09 Å². The van der Waals surface area contributed by atoms with Crippen molar-refractivity contribution in [2.45, 2.75) is 38.5 Å². The van der Waals surface area contributed by atoms with Crippen LogP contribution < -0.4 is 5.73 Å². The van der Waals surface area contributed by atoms with Crippen LogP contribution in [0.3, 0.4) is 0 Å². The maximum Gasteiger partial charge on any atom is 0.410 e. The van der Waals surface area contributed by atoms with Gasteiger partial charge in [0.25, 0.3) is 0 Å². The van der Waals surface area contributed by atoms with Gasteiger partial charge < -0.3 is 20.1 Å². The maximum absolute atomic E-state index is 12.2. The van der Waals surface area contributed by atoms with Crippen LogP contribution in [0.2, 0.25) is 10.0 Å². The Hall–Kier alpha value is -1.01. The Morgan fingerprint density at radius 3 is 2.65 bits per heavy atom. The SMILES string of the molecule is CC(C)(C)OC(=O)N1CCOC(c2ccc(Cl)c(Cl)c2)C(N)C1. The van der Waals surface area contributed by atoms with Gasteiger partial charge in [0.1, 0.15) is 5.60 Å². The zero-order valence-corrected chi connectivity index (χ0v) is 15.0. The molecule has 2 rings (SSSR count). The van der Waals surface area contributed by atoms with Crippen molar-refractivity contribution in [2.75, 3.05) is 19.7 Å². The van der Waals surface area contributed by atoms with E-state index >= 15 is 0 Å². The number of carbonyl (C=O) groups excluding carboxylic acids is 1. The monoisotopic (exact) mass is 360 g/mol. The van der Waals surface area contributed by atoms with Gasteiger partial charge in [0.15, 0.2) is 0 Å². The standard InChI is InChI=1S/C16H22Cl2N2O3/c1-16(2,3)23-15(21)20-6-7-22-14(13(19)9-20)10-4-5-11(17)12(18)8-10/h4-5,8,13-14H,6-7,9,19H2,1-3H3. The smallest absolute Gasteiger partial charge is 0.410 e. The summed E-state index contributed by atoms with van der Waals surface area (Å²) in [5.41, 5.74) is 6.54. The van der Waals surface area contributed by atoms with E-state index in [0.29, 0.717) is 29.7 Å². The number of nitrogens with two attached hydrogens (primary N) is 1. The van der Waals surface area contributed by atoms with E-state index in [9.17, 15) is 4.79 Å². The predicted octanol–water partition coefficient (Wildman–Crippen LogP) is 3.63. The lowest BCUT2D eigenvalue weighted by Crippen LogP contribution is -2.44. The van der Waals surface area contributed by atoms with Gasteiger partial charge in [-0.25, -0.2) is 4.79 Å². The van der Waals surface area contributed by atoms with Crippen LogP contribution in [0.15, 0.2) is 18.2 Å². The first-order valence-electron chi connectivity index (χ1n) is 7.47. The van der Waals surface area contributed by atoms with E-state index in [1.54, 1.807) is 17.0 Å². The van der Waals surface area contributed by atoms with E-state index < -0.39 is 5.60 Å². The summed E-state index contributed by atoms with van der Waals surface area (Å²) >= 11 is 12.0. The number of amides is 1. The highest BCUT2D eigenvalue weighted by Gasteiger charge is 2.31. The third-order valence-electron chi connectivity index (χ3n) is 3.40. The highest BCUT2D eigenvalue weighted by Crippen LogP contribution is 2.29. The van der Waals surface area contributed by atoms with Crippen LogP contribution in [0.5, 0.6) is 0 Å². The predicted molar refractivity (Wildman–Crippen MR) is 90.9 cm³/mol.